The fraction of sp³-hybridized carbons (Fsp3) is 0.278. The molecular formula is C18H19FN2O4. The van der Waals surface area contributed by atoms with E-state index in [9.17, 15) is 19.3 Å². The van der Waals surface area contributed by atoms with Crippen molar-refractivity contribution in [1.82, 2.24) is 4.90 Å². The third-order valence-corrected chi connectivity index (χ3v) is 3.66. The number of benzene rings is 2. The van der Waals surface area contributed by atoms with Gasteiger partial charge < -0.3 is 9.64 Å². The normalized spacial score (nSPS) is 10.4. The molecule has 2 aromatic carbocycles. The fourth-order valence-electron chi connectivity index (χ4n) is 2.35. The van der Waals surface area contributed by atoms with Crippen LogP contribution in [0.5, 0.6) is 5.75 Å². The lowest BCUT2D eigenvalue weighted by Crippen LogP contribution is -2.34. The maximum Gasteiger partial charge on any atom is 0.311 e. The van der Waals surface area contributed by atoms with E-state index < -0.39 is 4.92 Å². The van der Waals surface area contributed by atoms with Gasteiger partial charge in [0.2, 0.25) is 0 Å². The van der Waals surface area contributed by atoms with Gasteiger partial charge in [-0.15, -0.1) is 0 Å². The molecule has 0 aliphatic heterocycles. The molecule has 0 saturated heterocycles. The van der Waals surface area contributed by atoms with Crippen molar-refractivity contribution < 1.29 is 18.8 Å². The smallest absolute Gasteiger partial charge is 0.311 e. The number of nitro groups is 1. The van der Waals surface area contributed by atoms with E-state index in [0.717, 1.165) is 5.56 Å². The lowest BCUT2D eigenvalue weighted by Gasteiger charge is -2.21. The number of halogens is 1. The molecule has 2 rings (SSSR count). The molecule has 0 aliphatic carbocycles. The summed E-state index contributed by atoms with van der Waals surface area (Å²) >= 11 is 0. The quantitative estimate of drug-likeness (QED) is 0.568. The van der Waals surface area contributed by atoms with Crippen molar-refractivity contribution in [2.45, 2.75) is 20.4 Å². The highest BCUT2D eigenvalue weighted by atomic mass is 19.1. The molecule has 0 atom stereocenters. The largest absolute Gasteiger partial charge is 0.477 e. The first-order valence-corrected chi connectivity index (χ1v) is 7.80. The highest BCUT2D eigenvalue weighted by Crippen LogP contribution is 2.27. The predicted octanol–water partition coefficient (Wildman–Crippen LogP) is 3.47. The standard InChI is InChI=1S/C18H19FN2O4/c1-3-20(11-14-5-4-6-15(19)10-14)18(22)12-25-17-8-7-13(2)9-16(17)21(23)24/h4-10H,3,11-12H2,1-2H3. The minimum atomic E-state index is -0.544. The molecular weight excluding hydrogens is 327 g/mol. The summed E-state index contributed by atoms with van der Waals surface area (Å²) in [4.78, 5) is 24.3. The van der Waals surface area contributed by atoms with Crippen LogP contribution < -0.4 is 4.74 Å². The number of aryl methyl sites for hydroxylation is 1. The van der Waals surface area contributed by atoms with Crippen LogP contribution in [0.3, 0.4) is 0 Å². The number of rotatable bonds is 7. The van der Waals surface area contributed by atoms with Gasteiger partial charge >= 0.3 is 5.69 Å². The highest BCUT2D eigenvalue weighted by Gasteiger charge is 2.18. The molecule has 25 heavy (non-hydrogen) atoms. The topological polar surface area (TPSA) is 72.7 Å². The number of carbonyl (C=O) groups excluding carboxylic acids is 1. The van der Waals surface area contributed by atoms with Crippen molar-refractivity contribution in [3.8, 4) is 5.75 Å². The molecule has 132 valence electrons. The van der Waals surface area contributed by atoms with E-state index in [4.69, 9.17) is 4.74 Å². The van der Waals surface area contributed by atoms with E-state index in [1.54, 1.807) is 32.0 Å². The number of likely N-dealkylation sites (N-methyl/N-ethyl adjacent to an activating group) is 1. The van der Waals surface area contributed by atoms with Crippen LogP contribution >= 0.6 is 0 Å². The van der Waals surface area contributed by atoms with Gasteiger partial charge in [-0.05, 0) is 43.2 Å². The molecule has 0 radical (unpaired) electrons. The molecule has 0 unspecified atom stereocenters. The van der Waals surface area contributed by atoms with Gasteiger partial charge in [-0.25, -0.2) is 4.39 Å². The zero-order valence-electron chi connectivity index (χ0n) is 14.1. The van der Waals surface area contributed by atoms with Gasteiger partial charge in [0, 0.05) is 19.2 Å². The summed E-state index contributed by atoms with van der Waals surface area (Å²) in [5, 5.41) is 11.1. The van der Waals surface area contributed by atoms with Gasteiger partial charge in [-0.2, -0.15) is 0 Å². The van der Waals surface area contributed by atoms with Crippen molar-refractivity contribution in [2.75, 3.05) is 13.2 Å². The maximum absolute atomic E-state index is 13.3. The average molecular weight is 346 g/mol. The second-order valence-electron chi connectivity index (χ2n) is 5.55. The van der Waals surface area contributed by atoms with E-state index in [1.807, 2.05) is 0 Å². The Bertz CT molecular complexity index is 779. The summed E-state index contributed by atoms with van der Waals surface area (Å²) in [5.41, 5.74) is 1.21. The average Bonchev–Trinajstić information content (AvgIpc) is 2.58. The van der Waals surface area contributed by atoms with Crippen molar-refractivity contribution in [3.05, 3.63) is 69.5 Å². The highest BCUT2D eigenvalue weighted by molar-refractivity contribution is 5.78. The van der Waals surface area contributed by atoms with E-state index in [0.29, 0.717) is 12.1 Å². The number of amides is 1. The van der Waals surface area contributed by atoms with Crippen molar-refractivity contribution >= 4 is 11.6 Å². The summed E-state index contributed by atoms with van der Waals surface area (Å²) in [7, 11) is 0. The minimum absolute atomic E-state index is 0.0470. The van der Waals surface area contributed by atoms with Crippen LogP contribution in [0.25, 0.3) is 0 Å². The molecule has 0 aliphatic rings. The molecule has 0 spiro atoms. The van der Waals surface area contributed by atoms with E-state index in [-0.39, 0.29) is 36.3 Å². The van der Waals surface area contributed by atoms with Crippen molar-refractivity contribution in [2.24, 2.45) is 0 Å². The lowest BCUT2D eigenvalue weighted by atomic mass is 10.2. The van der Waals surface area contributed by atoms with Crippen molar-refractivity contribution in [3.63, 3.8) is 0 Å². The Labute approximate surface area is 145 Å². The van der Waals surface area contributed by atoms with E-state index >= 15 is 0 Å². The number of nitro benzene ring substituents is 1. The van der Waals surface area contributed by atoms with Gasteiger partial charge in [-0.1, -0.05) is 18.2 Å². The van der Waals surface area contributed by atoms with Crippen LogP contribution in [-0.4, -0.2) is 28.9 Å². The summed E-state index contributed by atoms with van der Waals surface area (Å²) in [5.74, 6) is -0.653. The summed E-state index contributed by atoms with van der Waals surface area (Å²) in [6, 6.07) is 10.5. The molecule has 0 saturated carbocycles. The molecule has 0 N–H and O–H groups in total. The number of hydrogen-bond donors (Lipinski definition) is 0. The lowest BCUT2D eigenvalue weighted by molar-refractivity contribution is -0.385. The first kappa shape index (κ1) is 18.4. The minimum Gasteiger partial charge on any atom is -0.477 e. The van der Waals surface area contributed by atoms with Crippen LogP contribution in [0.1, 0.15) is 18.1 Å². The SMILES string of the molecule is CCN(Cc1cccc(F)c1)C(=O)COc1ccc(C)cc1[N+](=O)[O-]. The summed E-state index contributed by atoms with van der Waals surface area (Å²) < 4.78 is 18.6. The Balaban J connectivity index is 2.04. The Hall–Kier alpha value is -2.96. The Kier molecular flexibility index (Phi) is 6.05. The van der Waals surface area contributed by atoms with E-state index in [2.05, 4.69) is 0 Å². The van der Waals surface area contributed by atoms with E-state index in [1.165, 1.54) is 29.2 Å². The molecule has 2 aromatic rings. The monoisotopic (exact) mass is 346 g/mol. The van der Waals surface area contributed by atoms with Crippen LogP contribution in [0.15, 0.2) is 42.5 Å². The van der Waals surface area contributed by atoms with Gasteiger partial charge in [0.25, 0.3) is 5.91 Å². The number of nitrogens with zero attached hydrogens (tertiary/aromatic N) is 2. The summed E-state index contributed by atoms with van der Waals surface area (Å²) in [6.45, 7) is 3.86. The number of ether oxygens (including phenoxy) is 1. The van der Waals surface area contributed by atoms with Gasteiger partial charge in [0.05, 0.1) is 4.92 Å². The van der Waals surface area contributed by atoms with Crippen molar-refractivity contribution in [1.29, 1.82) is 0 Å². The van der Waals surface area contributed by atoms with Gasteiger partial charge in [0.1, 0.15) is 5.82 Å². The molecule has 0 fully saturated rings. The predicted molar refractivity (Wildman–Crippen MR) is 90.8 cm³/mol. The third kappa shape index (κ3) is 5.00. The second kappa shape index (κ2) is 8.23. The molecule has 0 aromatic heterocycles. The summed E-state index contributed by atoms with van der Waals surface area (Å²) in [6.07, 6.45) is 0. The Morgan fingerprint density at radius 1 is 1.28 bits per heavy atom. The number of hydrogen-bond acceptors (Lipinski definition) is 4. The zero-order valence-corrected chi connectivity index (χ0v) is 14.1. The fourth-order valence-corrected chi connectivity index (χ4v) is 2.35. The molecule has 1 amide bonds. The molecule has 0 bridgehead atoms. The van der Waals surface area contributed by atoms with Crippen LogP contribution in [-0.2, 0) is 11.3 Å². The Morgan fingerprint density at radius 3 is 2.68 bits per heavy atom. The number of carbonyl (C=O) groups is 1. The molecule has 6 nitrogen and oxygen atoms in total. The second-order valence-corrected chi connectivity index (χ2v) is 5.55. The van der Waals surface area contributed by atoms with Gasteiger partial charge in [0.15, 0.2) is 12.4 Å². The third-order valence-electron chi connectivity index (χ3n) is 3.66. The molecule has 0 heterocycles. The first-order chi connectivity index (χ1) is 11.9. The molecule has 7 heteroatoms. The van der Waals surface area contributed by atoms with Crippen LogP contribution in [0, 0.1) is 22.9 Å². The van der Waals surface area contributed by atoms with Gasteiger partial charge in [-0.3, -0.25) is 14.9 Å². The van der Waals surface area contributed by atoms with Crippen LogP contribution in [0.2, 0.25) is 0 Å². The Morgan fingerprint density at radius 2 is 2.04 bits per heavy atom. The first-order valence-electron chi connectivity index (χ1n) is 7.80. The maximum atomic E-state index is 13.3. The van der Waals surface area contributed by atoms with Crippen LogP contribution in [0.4, 0.5) is 10.1 Å². The zero-order chi connectivity index (χ0) is 18.4.